The zero-order valence-electron chi connectivity index (χ0n) is 14.9. The first-order chi connectivity index (χ1) is 13.5. The van der Waals surface area contributed by atoms with Gasteiger partial charge in [0.15, 0.2) is 0 Å². The van der Waals surface area contributed by atoms with Gasteiger partial charge < -0.3 is 10.4 Å². The summed E-state index contributed by atoms with van der Waals surface area (Å²) in [7, 11) is 0. The SMILES string of the molecule is O=C(Nc1ccccc1O)c1ccc(N2C(=O)[C@@H]3[C@@H](C2=O)[C@H]2C=C[C@H]3C2)cc1. The second-order valence-corrected chi connectivity index (χ2v) is 7.53. The molecule has 2 aromatic rings. The van der Waals surface area contributed by atoms with Gasteiger partial charge in [-0.3, -0.25) is 19.3 Å². The lowest BCUT2D eigenvalue weighted by Gasteiger charge is -2.17. The number of aromatic hydroxyl groups is 1. The van der Waals surface area contributed by atoms with E-state index >= 15 is 0 Å². The second-order valence-electron chi connectivity index (χ2n) is 7.53. The average Bonchev–Trinajstić information content (AvgIpc) is 3.38. The highest BCUT2D eigenvalue weighted by atomic mass is 16.3. The highest BCUT2D eigenvalue weighted by Gasteiger charge is 2.59. The lowest BCUT2D eigenvalue weighted by Crippen LogP contribution is -2.32. The number of amides is 3. The minimum absolute atomic E-state index is 0.0180. The Kier molecular flexibility index (Phi) is 3.62. The van der Waals surface area contributed by atoms with Crippen LogP contribution >= 0.6 is 0 Å². The van der Waals surface area contributed by atoms with Crippen molar-refractivity contribution in [2.75, 3.05) is 10.2 Å². The standard InChI is InChI=1S/C22H18N2O4/c25-17-4-2-1-3-16(17)23-20(26)12-7-9-15(10-8-12)24-21(27)18-13-5-6-14(11-13)19(18)22(24)28/h1-10,13-14,18-19,25H,11H2,(H,23,26)/t13-,14-,18-,19-/m0/s1. The Balaban J connectivity index is 1.36. The Bertz CT molecular complexity index is 997. The predicted octanol–water partition coefficient (Wildman–Crippen LogP) is 2.96. The molecule has 1 saturated carbocycles. The summed E-state index contributed by atoms with van der Waals surface area (Å²) in [6, 6.07) is 12.9. The molecule has 1 saturated heterocycles. The molecule has 0 aromatic heterocycles. The van der Waals surface area contributed by atoms with Crippen molar-refractivity contribution in [1.29, 1.82) is 0 Å². The van der Waals surface area contributed by atoms with E-state index in [2.05, 4.69) is 17.5 Å². The van der Waals surface area contributed by atoms with Gasteiger partial charge in [-0.15, -0.1) is 0 Å². The number of phenols is 1. The number of imide groups is 1. The summed E-state index contributed by atoms with van der Waals surface area (Å²) in [5, 5.41) is 12.4. The number of phenolic OH excluding ortho intramolecular Hbond substituents is 1. The van der Waals surface area contributed by atoms with Crippen LogP contribution in [0.1, 0.15) is 16.8 Å². The maximum Gasteiger partial charge on any atom is 0.255 e. The first kappa shape index (κ1) is 16.7. The number of nitrogens with zero attached hydrogens (tertiary/aromatic N) is 1. The quantitative estimate of drug-likeness (QED) is 0.491. The average molecular weight is 374 g/mol. The van der Waals surface area contributed by atoms with E-state index in [1.54, 1.807) is 42.5 Å². The van der Waals surface area contributed by atoms with Crippen LogP contribution in [0.15, 0.2) is 60.7 Å². The molecule has 6 nitrogen and oxygen atoms in total. The van der Waals surface area contributed by atoms with Crippen LogP contribution in [0.2, 0.25) is 0 Å². The van der Waals surface area contributed by atoms with Crippen molar-refractivity contribution in [2.24, 2.45) is 23.7 Å². The minimum Gasteiger partial charge on any atom is -0.506 e. The largest absolute Gasteiger partial charge is 0.506 e. The lowest BCUT2D eigenvalue weighted by atomic mass is 9.85. The maximum atomic E-state index is 12.8. The summed E-state index contributed by atoms with van der Waals surface area (Å²) in [6.45, 7) is 0. The highest BCUT2D eigenvalue weighted by Crippen LogP contribution is 2.53. The lowest BCUT2D eigenvalue weighted by molar-refractivity contribution is -0.123. The predicted molar refractivity (Wildman–Crippen MR) is 103 cm³/mol. The second kappa shape index (κ2) is 6.05. The zero-order chi connectivity index (χ0) is 19.4. The normalized spacial score (nSPS) is 27.4. The molecule has 2 bridgehead atoms. The smallest absolute Gasteiger partial charge is 0.255 e. The van der Waals surface area contributed by atoms with E-state index in [9.17, 15) is 19.5 Å². The number of rotatable bonds is 3. The van der Waals surface area contributed by atoms with E-state index in [-0.39, 0.29) is 47.1 Å². The molecule has 1 heterocycles. The van der Waals surface area contributed by atoms with Crippen LogP contribution in [0.25, 0.3) is 0 Å². The van der Waals surface area contributed by atoms with Crippen LogP contribution < -0.4 is 10.2 Å². The van der Waals surface area contributed by atoms with Gasteiger partial charge in [0, 0.05) is 5.56 Å². The molecule has 0 unspecified atom stereocenters. The first-order valence-electron chi connectivity index (χ1n) is 9.30. The van der Waals surface area contributed by atoms with Gasteiger partial charge in [-0.1, -0.05) is 24.3 Å². The number of carbonyl (C=O) groups excluding carboxylic acids is 3. The molecule has 28 heavy (non-hydrogen) atoms. The van der Waals surface area contributed by atoms with E-state index < -0.39 is 0 Å². The molecular formula is C22H18N2O4. The van der Waals surface area contributed by atoms with Crippen LogP contribution in [0.5, 0.6) is 5.75 Å². The van der Waals surface area contributed by atoms with Gasteiger partial charge in [0.2, 0.25) is 11.8 Å². The molecule has 4 atom stereocenters. The molecule has 140 valence electrons. The minimum atomic E-state index is -0.383. The summed E-state index contributed by atoms with van der Waals surface area (Å²) < 4.78 is 0. The molecule has 0 radical (unpaired) electrons. The van der Waals surface area contributed by atoms with Crippen LogP contribution in [0.3, 0.4) is 0 Å². The number of nitrogens with one attached hydrogen (secondary N) is 1. The van der Waals surface area contributed by atoms with Crippen LogP contribution in [0, 0.1) is 23.7 Å². The van der Waals surface area contributed by atoms with E-state index in [4.69, 9.17) is 0 Å². The first-order valence-corrected chi connectivity index (χ1v) is 9.30. The molecule has 6 heteroatoms. The summed E-state index contributed by atoms with van der Waals surface area (Å²) in [4.78, 5) is 39.4. The van der Waals surface area contributed by atoms with Crippen LogP contribution in [-0.4, -0.2) is 22.8 Å². The zero-order valence-corrected chi connectivity index (χ0v) is 14.9. The number of hydrogen-bond donors (Lipinski definition) is 2. The number of para-hydroxylation sites is 2. The third-order valence-electron chi connectivity index (χ3n) is 6.01. The summed E-state index contributed by atoms with van der Waals surface area (Å²) >= 11 is 0. The fraction of sp³-hybridized carbons (Fsp3) is 0.227. The molecule has 2 aromatic carbocycles. The fourth-order valence-electron chi connectivity index (χ4n) is 4.69. The van der Waals surface area contributed by atoms with Crippen LogP contribution in [-0.2, 0) is 9.59 Å². The highest BCUT2D eigenvalue weighted by molar-refractivity contribution is 6.23. The van der Waals surface area contributed by atoms with E-state index in [0.717, 1.165) is 6.42 Å². The number of fused-ring (bicyclic) bond motifs is 5. The fourth-order valence-corrected chi connectivity index (χ4v) is 4.69. The maximum absolute atomic E-state index is 12.8. The summed E-state index contributed by atoms with van der Waals surface area (Å²) in [5.41, 5.74) is 1.17. The van der Waals surface area contributed by atoms with Crippen molar-refractivity contribution in [3.63, 3.8) is 0 Å². The van der Waals surface area contributed by atoms with Crippen molar-refractivity contribution in [3.8, 4) is 5.75 Å². The van der Waals surface area contributed by atoms with E-state index in [1.165, 1.54) is 11.0 Å². The number of benzene rings is 2. The summed E-state index contributed by atoms with van der Waals surface area (Å²) in [5.74, 6) is -0.837. The van der Waals surface area contributed by atoms with Gasteiger partial charge in [0.05, 0.1) is 23.2 Å². The van der Waals surface area contributed by atoms with Gasteiger partial charge in [-0.25, -0.2) is 0 Å². The molecule has 3 amide bonds. The summed E-state index contributed by atoms with van der Waals surface area (Å²) in [6.07, 6.45) is 5.02. The molecule has 2 fully saturated rings. The molecule has 2 aliphatic carbocycles. The molecule has 0 spiro atoms. The van der Waals surface area contributed by atoms with E-state index in [1.807, 2.05) is 0 Å². The molecule has 2 N–H and O–H groups in total. The van der Waals surface area contributed by atoms with Gasteiger partial charge in [0.1, 0.15) is 5.75 Å². The molecule has 1 aliphatic heterocycles. The number of hydrogen-bond acceptors (Lipinski definition) is 4. The molecular weight excluding hydrogens is 356 g/mol. The third-order valence-corrected chi connectivity index (χ3v) is 6.01. The van der Waals surface area contributed by atoms with Crippen molar-refractivity contribution < 1.29 is 19.5 Å². The van der Waals surface area contributed by atoms with Crippen LogP contribution in [0.4, 0.5) is 11.4 Å². The van der Waals surface area contributed by atoms with E-state index in [0.29, 0.717) is 16.9 Å². The molecule has 3 aliphatic rings. The number of allylic oxidation sites excluding steroid dienone is 2. The van der Waals surface area contributed by atoms with Gasteiger partial charge in [0.25, 0.3) is 5.91 Å². The molecule has 5 rings (SSSR count). The van der Waals surface area contributed by atoms with Crippen molar-refractivity contribution in [3.05, 3.63) is 66.2 Å². The van der Waals surface area contributed by atoms with Crippen molar-refractivity contribution in [1.82, 2.24) is 0 Å². The van der Waals surface area contributed by atoms with Gasteiger partial charge in [-0.2, -0.15) is 0 Å². The topological polar surface area (TPSA) is 86.7 Å². The Labute approximate surface area is 161 Å². The Morgan fingerprint density at radius 2 is 1.54 bits per heavy atom. The Morgan fingerprint density at radius 1 is 0.929 bits per heavy atom. The third kappa shape index (κ3) is 2.37. The van der Waals surface area contributed by atoms with Crippen molar-refractivity contribution in [2.45, 2.75) is 6.42 Å². The number of anilines is 2. The van der Waals surface area contributed by atoms with Gasteiger partial charge in [-0.05, 0) is 54.7 Å². The van der Waals surface area contributed by atoms with Gasteiger partial charge >= 0.3 is 0 Å². The van der Waals surface area contributed by atoms with Crippen molar-refractivity contribution >= 4 is 29.1 Å². The Hall–Kier alpha value is -3.41. The number of carbonyl (C=O) groups is 3. The monoisotopic (exact) mass is 374 g/mol. The Morgan fingerprint density at radius 3 is 2.14 bits per heavy atom.